The molecule has 0 aliphatic rings. The van der Waals surface area contributed by atoms with Gasteiger partial charge >= 0.3 is 25.2 Å². The summed E-state index contributed by atoms with van der Waals surface area (Å²) in [7, 11) is -3.98. The van der Waals surface area contributed by atoms with Crippen molar-refractivity contribution in [1.29, 1.82) is 0 Å². The highest BCUT2D eigenvalue weighted by Gasteiger charge is 2.30. The van der Waals surface area contributed by atoms with Crippen LogP contribution in [0.15, 0.2) is 34.7 Å². The van der Waals surface area contributed by atoms with Crippen LogP contribution in [0.3, 0.4) is 0 Å². The average Bonchev–Trinajstić information content (AvgIpc) is 2.75. The van der Waals surface area contributed by atoms with Crippen LogP contribution in [-0.4, -0.2) is 53.8 Å². The molecule has 35 heavy (non-hydrogen) atoms. The first-order chi connectivity index (χ1) is 16.2. The SMILES string of the molecule is C=CCSc1ccn(CCOCP(=O)(OCOC(=O)C(C)(C)C)OCOC(=O)C(C)(C)C)c(=O)n1. The maximum Gasteiger partial charge on any atom is 0.361 e. The van der Waals surface area contributed by atoms with Gasteiger partial charge in [0.15, 0.2) is 0 Å². The Kier molecular flexibility index (Phi) is 12.4. The summed E-state index contributed by atoms with van der Waals surface area (Å²) >= 11 is 1.38. The minimum Gasteiger partial charge on any atom is -0.438 e. The van der Waals surface area contributed by atoms with Crippen molar-refractivity contribution in [3.8, 4) is 0 Å². The molecular weight excluding hydrogens is 499 g/mol. The molecule has 0 aliphatic carbocycles. The zero-order valence-corrected chi connectivity index (χ0v) is 22.8. The fourth-order valence-corrected chi connectivity index (χ4v) is 3.60. The number of ether oxygens (including phenoxy) is 3. The third-order valence-electron chi connectivity index (χ3n) is 4.03. The lowest BCUT2D eigenvalue weighted by atomic mass is 9.98. The molecule has 0 saturated carbocycles. The van der Waals surface area contributed by atoms with Crippen LogP contribution in [0.1, 0.15) is 41.5 Å². The number of hydrogen-bond acceptors (Lipinski definition) is 11. The van der Waals surface area contributed by atoms with Crippen LogP contribution in [0.25, 0.3) is 0 Å². The van der Waals surface area contributed by atoms with Crippen LogP contribution in [0.2, 0.25) is 0 Å². The lowest BCUT2D eigenvalue weighted by Gasteiger charge is -2.22. The van der Waals surface area contributed by atoms with Crippen molar-refractivity contribution in [2.45, 2.75) is 53.1 Å². The predicted molar refractivity (Wildman–Crippen MR) is 131 cm³/mol. The second-order valence-corrected chi connectivity index (χ2v) is 12.4. The number of thioether (sulfide) groups is 1. The van der Waals surface area contributed by atoms with E-state index in [9.17, 15) is 18.9 Å². The standard InChI is InChI=1S/C22H35N2O9PS/c1-8-13-35-17-9-10-24(20(27)23-17)11-12-29-16-34(28,32-14-30-18(25)21(2,3)4)33-15-31-19(26)22(5,6)7/h8-10H,1,11-16H2,2-7H3. The Hall–Kier alpha value is -1.98. The van der Waals surface area contributed by atoms with Gasteiger partial charge in [0, 0.05) is 11.9 Å². The van der Waals surface area contributed by atoms with Crippen molar-refractivity contribution < 1.29 is 37.4 Å². The first-order valence-electron chi connectivity index (χ1n) is 10.8. The highest BCUT2D eigenvalue weighted by molar-refractivity contribution is 7.99. The molecule has 0 aromatic carbocycles. The molecule has 1 aromatic heterocycles. The lowest BCUT2D eigenvalue weighted by Crippen LogP contribution is -2.25. The maximum atomic E-state index is 13.1. The van der Waals surface area contributed by atoms with Gasteiger partial charge in [-0.15, -0.1) is 18.3 Å². The Bertz CT molecular complexity index is 931. The summed E-state index contributed by atoms with van der Waals surface area (Å²) < 4.78 is 40.1. The van der Waals surface area contributed by atoms with Crippen molar-refractivity contribution in [3.63, 3.8) is 0 Å². The average molecular weight is 535 g/mol. The first-order valence-corrected chi connectivity index (χ1v) is 13.5. The molecule has 0 radical (unpaired) electrons. The molecule has 0 fully saturated rings. The summed E-state index contributed by atoms with van der Waals surface area (Å²) in [5, 5.41) is 0.577. The molecule has 0 spiro atoms. The number of carbonyl (C=O) groups excluding carboxylic acids is 2. The van der Waals surface area contributed by atoms with E-state index in [0.717, 1.165) is 0 Å². The zero-order valence-electron chi connectivity index (χ0n) is 21.1. The number of carbonyl (C=O) groups is 2. The van der Waals surface area contributed by atoms with E-state index >= 15 is 0 Å². The largest absolute Gasteiger partial charge is 0.438 e. The summed E-state index contributed by atoms with van der Waals surface area (Å²) in [5.41, 5.74) is -2.02. The minimum atomic E-state index is -3.98. The molecule has 0 aliphatic heterocycles. The summed E-state index contributed by atoms with van der Waals surface area (Å²) in [6.07, 6.45) is 2.76. The minimum absolute atomic E-state index is 0.0129. The van der Waals surface area contributed by atoms with Crippen molar-refractivity contribution >= 4 is 31.3 Å². The van der Waals surface area contributed by atoms with Gasteiger partial charge in [-0.05, 0) is 47.6 Å². The predicted octanol–water partition coefficient (Wildman–Crippen LogP) is 3.82. The molecule has 13 heteroatoms. The van der Waals surface area contributed by atoms with Crippen molar-refractivity contribution in [2.24, 2.45) is 10.8 Å². The van der Waals surface area contributed by atoms with E-state index in [-0.39, 0.29) is 13.2 Å². The Balaban J connectivity index is 2.68. The molecule has 198 valence electrons. The monoisotopic (exact) mass is 534 g/mol. The quantitative estimate of drug-likeness (QED) is 0.0656. The molecule has 11 nitrogen and oxygen atoms in total. The summed E-state index contributed by atoms with van der Waals surface area (Å²) in [6, 6.07) is 1.69. The van der Waals surface area contributed by atoms with Gasteiger partial charge in [0.25, 0.3) is 0 Å². The van der Waals surface area contributed by atoms with Crippen LogP contribution in [-0.2, 0) is 44.0 Å². The molecular formula is C22H35N2O9PS. The van der Waals surface area contributed by atoms with E-state index in [0.29, 0.717) is 10.8 Å². The van der Waals surface area contributed by atoms with Gasteiger partial charge < -0.3 is 14.2 Å². The molecule has 1 aromatic rings. The Morgan fingerprint density at radius 2 is 1.63 bits per heavy atom. The highest BCUT2D eigenvalue weighted by Crippen LogP contribution is 2.48. The van der Waals surface area contributed by atoms with Crippen LogP contribution >= 0.6 is 19.4 Å². The van der Waals surface area contributed by atoms with Gasteiger partial charge in [-0.1, -0.05) is 6.08 Å². The highest BCUT2D eigenvalue weighted by atomic mass is 32.2. The van der Waals surface area contributed by atoms with Crippen molar-refractivity contribution in [2.75, 3.05) is 32.3 Å². The van der Waals surface area contributed by atoms with Gasteiger partial charge in [-0.25, -0.2) is 4.79 Å². The molecule has 0 atom stereocenters. The summed E-state index contributed by atoms with van der Waals surface area (Å²) in [6.45, 7) is 12.4. The number of aromatic nitrogens is 2. The van der Waals surface area contributed by atoms with Crippen molar-refractivity contribution in [3.05, 3.63) is 35.4 Å². The Morgan fingerprint density at radius 3 is 2.09 bits per heavy atom. The molecule has 0 saturated heterocycles. The van der Waals surface area contributed by atoms with E-state index in [1.165, 1.54) is 16.3 Å². The summed E-state index contributed by atoms with van der Waals surface area (Å²) in [4.78, 5) is 39.9. The molecule has 0 amide bonds. The second kappa shape index (κ2) is 13.9. The van der Waals surface area contributed by atoms with Gasteiger partial charge in [-0.3, -0.25) is 27.8 Å². The van der Waals surface area contributed by atoms with E-state index in [2.05, 4.69) is 11.6 Å². The number of nitrogens with zero attached hydrogens (tertiary/aromatic N) is 2. The topological polar surface area (TPSA) is 132 Å². The third-order valence-corrected chi connectivity index (χ3v) is 6.45. The molecule has 0 bridgehead atoms. The van der Waals surface area contributed by atoms with Gasteiger partial charge in [0.05, 0.1) is 24.0 Å². The van der Waals surface area contributed by atoms with Crippen LogP contribution in [0, 0.1) is 10.8 Å². The Labute approximate surface area is 210 Å². The first kappa shape index (κ1) is 31.1. The normalized spacial score (nSPS) is 12.3. The number of esters is 2. The van der Waals surface area contributed by atoms with Crippen LogP contribution in [0.4, 0.5) is 0 Å². The third kappa shape index (κ3) is 12.0. The van der Waals surface area contributed by atoms with Gasteiger partial charge in [0.1, 0.15) is 11.4 Å². The van der Waals surface area contributed by atoms with E-state index in [1.54, 1.807) is 59.9 Å². The zero-order chi connectivity index (χ0) is 26.7. The lowest BCUT2D eigenvalue weighted by molar-refractivity contribution is -0.162. The van der Waals surface area contributed by atoms with Crippen LogP contribution < -0.4 is 5.69 Å². The van der Waals surface area contributed by atoms with E-state index in [1.807, 2.05) is 0 Å². The maximum absolute atomic E-state index is 13.1. The summed E-state index contributed by atoms with van der Waals surface area (Å²) in [5.74, 6) is -0.498. The molecule has 1 heterocycles. The van der Waals surface area contributed by atoms with E-state index < -0.39 is 56.0 Å². The Morgan fingerprint density at radius 1 is 1.09 bits per heavy atom. The molecule has 0 N–H and O–H groups in total. The van der Waals surface area contributed by atoms with E-state index in [4.69, 9.17) is 23.3 Å². The van der Waals surface area contributed by atoms with Gasteiger partial charge in [0.2, 0.25) is 13.6 Å². The molecule has 0 unspecified atom stereocenters. The fourth-order valence-electron chi connectivity index (χ4n) is 2.01. The number of hydrogen-bond donors (Lipinski definition) is 0. The second-order valence-electron chi connectivity index (χ2n) is 9.35. The fraction of sp³-hybridized carbons (Fsp3) is 0.636. The van der Waals surface area contributed by atoms with Gasteiger partial charge in [-0.2, -0.15) is 4.98 Å². The smallest absolute Gasteiger partial charge is 0.361 e. The molecule has 1 rings (SSSR count). The number of rotatable bonds is 14. The van der Waals surface area contributed by atoms with Crippen molar-refractivity contribution in [1.82, 2.24) is 9.55 Å². The van der Waals surface area contributed by atoms with Crippen LogP contribution in [0.5, 0.6) is 0 Å².